The van der Waals surface area contributed by atoms with Crippen LogP contribution in [0.15, 0.2) is 42.5 Å². The molecule has 1 aromatic heterocycles. The summed E-state index contributed by atoms with van der Waals surface area (Å²) < 4.78 is 10.6. The Morgan fingerprint density at radius 3 is 2.38 bits per heavy atom. The van der Waals surface area contributed by atoms with Crippen LogP contribution in [-0.2, 0) is 0 Å². The number of aromatic nitrogens is 3. The first-order chi connectivity index (χ1) is 11.6. The van der Waals surface area contributed by atoms with E-state index < -0.39 is 0 Å². The average molecular weight is 343 g/mol. The molecule has 0 aliphatic rings. The van der Waals surface area contributed by atoms with Gasteiger partial charge < -0.3 is 15.2 Å². The molecule has 2 aromatic carbocycles. The van der Waals surface area contributed by atoms with Crippen molar-refractivity contribution in [2.75, 3.05) is 20.0 Å². The summed E-state index contributed by atoms with van der Waals surface area (Å²) in [5.74, 6) is 1.28. The lowest BCUT2D eigenvalue weighted by atomic mass is 10.0. The van der Waals surface area contributed by atoms with Crippen molar-refractivity contribution < 1.29 is 9.47 Å². The predicted molar refractivity (Wildman–Crippen MR) is 93.2 cm³/mol. The van der Waals surface area contributed by atoms with Gasteiger partial charge in [-0.2, -0.15) is 0 Å². The van der Waals surface area contributed by atoms with Gasteiger partial charge in [0.15, 0.2) is 11.5 Å². The lowest BCUT2D eigenvalue weighted by Gasteiger charge is -2.12. The number of methoxy groups -OCH3 is 2. The number of halogens is 1. The molecule has 7 heteroatoms. The van der Waals surface area contributed by atoms with E-state index in [1.165, 1.54) is 0 Å². The number of ether oxygens (including phenoxy) is 2. The summed E-state index contributed by atoms with van der Waals surface area (Å²) in [4.78, 5) is 4.33. The molecule has 0 saturated heterocycles. The summed E-state index contributed by atoms with van der Waals surface area (Å²) in [6, 6.07) is 12.8. The Balaban J connectivity index is 2.21. The quantitative estimate of drug-likeness (QED) is 0.781. The van der Waals surface area contributed by atoms with Crippen molar-refractivity contribution in [2.24, 2.45) is 0 Å². The highest BCUT2D eigenvalue weighted by atomic mass is 35.5. The van der Waals surface area contributed by atoms with Crippen molar-refractivity contribution in [2.45, 2.75) is 0 Å². The molecular formula is C17H15ClN4O2. The highest BCUT2D eigenvalue weighted by Gasteiger charge is 2.16. The lowest BCUT2D eigenvalue weighted by molar-refractivity contribution is 0.355. The molecule has 0 radical (unpaired) electrons. The molecule has 2 N–H and O–H groups in total. The maximum atomic E-state index is 6.30. The Hall–Kier alpha value is -2.86. The van der Waals surface area contributed by atoms with Gasteiger partial charge in [0.2, 0.25) is 5.95 Å². The highest BCUT2D eigenvalue weighted by molar-refractivity contribution is 6.33. The fraction of sp³-hybridized carbons (Fsp3) is 0.118. The van der Waals surface area contributed by atoms with E-state index in [-0.39, 0.29) is 5.95 Å². The van der Waals surface area contributed by atoms with Crippen LogP contribution in [0, 0.1) is 0 Å². The number of nitrogens with two attached hydrogens (primary N) is 1. The van der Waals surface area contributed by atoms with Gasteiger partial charge in [0.05, 0.1) is 19.2 Å². The first kappa shape index (κ1) is 16.0. The standard InChI is InChI=1S/C17H15ClN4O2/c1-23-13-8-7-10(9-14(13)24-2)15-16(20-17(19)22-21-15)11-5-3-4-6-12(11)18/h3-9H,1-2H3,(H2,19,20,22). The Kier molecular flexibility index (Phi) is 4.48. The number of nitrogen functional groups attached to an aromatic ring is 1. The zero-order chi connectivity index (χ0) is 17.1. The summed E-state index contributed by atoms with van der Waals surface area (Å²) in [5.41, 5.74) is 8.33. The molecular weight excluding hydrogens is 328 g/mol. The summed E-state index contributed by atoms with van der Waals surface area (Å²) in [5, 5.41) is 8.63. The number of hydrogen-bond acceptors (Lipinski definition) is 6. The van der Waals surface area contributed by atoms with Gasteiger partial charge in [0, 0.05) is 11.1 Å². The van der Waals surface area contributed by atoms with E-state index in [1.54, 1.807) is 32.4 Å². The van der Waals surface area contributed by atoms with Gasteiger partial charge in [-0.25, -0.2) is 4.98 Å². The number of nitrogens with zero attached hydrogens (tertiary/aromatic N) is 3. The summed E-state index contributed by atoms with van der Waals surface area (Å²) >= 11 is 6.30. The van der Waals surface area contributed by atoms with E-state index >= 15 is 0 Å². The molecule has 0 saturated carbocycles. The Bertz CT molecular complexity index is 886. The predicted octanol–water partition coefficient (Wildman–Crippen LogP) is 3.46. The fourth-order valence-corrected chi connectivity index (χ4v) is 2.58. The number of benzene rings is 2. The van der Waals surface area contributed by atoms with Gasteiger partial charge in [-0.1, -0.05) is 29.8 Å². The van der Waals surface area contributed by atoms with Crippen LogP contribution in [0.3, 0.4) is 0 Å². The molecule has 0 aliphatic carbocycles. The first-order valence-electron chi connectivity index (χ1n) is 7.11. The van der Waals surface area contributed by atoms with Gasteiger partial charge in [0.25, 0.3) is 0 Å². The molecule has 0 spiro atoms. The SMILES string of the molecule is COc1ccc(-c2nnc(N)nc2-c2ccccc2Cl)cc1OC. The lowest BCUT2D eigenvalue weighted by Crippen LogP contribution is -2.03. The Morgan fingerprint density at radius 1 is 0.917 bits per heavy atom. The van der Waals surface area contributed by atoms with Crippen LogP contribution < -0.4 is 15.2 Å². The zero-order valence-electron chi connectivity index (χ0n) is 13.2. The molecule has 24 heavy (non-hydrogen) atoms. The smallest absolute Gasteiger partial charge is 0.240 e. The molecule has 0 fully saturated rings. The van der Waals surface area contributed by atoms with Gasteiger partial charge in [-0.05, 0) is 24.3 Å². The van der Waals surface area contributed by atoms with Crippen LogP contribution >= 0.6 is 11.6 Å². The Labute approximate surface area is 144 Å². The Morgan fingerprint density at radius 2 is 1.67 bits per heavy atom. The van der Waals surface area contributed by atoms with Crippen LogP contribution in [0.4, 0.5) is 5.95 Å². The molecule has 3 aromatic rings. The van der Waals surface area contributed by atoms with Crippen molar-refractivity contribution in [3.63, 3.8) is 0 Å². The third-order valence-corrected chi connectivity index (χ3v) is 3.82. The van der Waals surface area contributed by atoms with Crippen LogP contribution in [0.1, 0.15) is 0 Å². The van der Waals surface area contributed by atoms with Gasteiger partial charge >= 0.3 is 0 Å². The minimum atomic E-state index is 0.0779. The topological polar surface area (TPSA) is 83.2 Å². The van der Waals surface area contributed by atoms with Crippen LogP contribution in [0.2, 0.25) is 5.02 Å². The minimum Gasteiger partial charge on any atom is -0.493 e. The summed E-state index contributed by atoms with van der Waals surface area (Å²) in [7, 11) is 3.15. The summed E-state index contributed by atoms with van der Waals surface area (Å²) in [6.45, 7) is 0. The van der Waals surface area contributed by atoms with Crippen LogP contribution in [0.5, 0.6) is 11.5 Å². The maximum absolute atomic E-state index is 6.30. The first-order valence-corrected chi connectivity index (χ1v) is 7.49. The fourth-order valence-electron chi connectivity index (χ4n) is 2.36. The number of hydrogen-bond donors (Lipinski definition) is 1. The second kappa shape index (κ2) is 6.72. The molecule has 0 aliphatic heterocycles. The molecule has 0 amide bonds. The van der Waals surface area contributed by atoms with Gasteiger partial charge in [0.1, 0.15) is 11.4 Å². The number of anilines is 1. The van der Waals surface area contributed by atoms with Crippen molar-refractivity contribution in [1.29, 1.82) is 0 Å². The zero-order valence-corrected chi connectivity index (χ0v) is 13.9. The van der Waals surface area contributed by atoms with E-state index in [0.29, 0.717) is 27.9 Å². The van der Waals surface area contributed by atoms with E-state index in [2.05, 4.69) is 15.2 Å². The van der Waals surface area contributed by atoms with Crippen molar-refractivity contribution in [3.05, 3.63) is 47.5 Å². The largest absolute Gasteiger partial charge is 0.493 e. The van der Waals surface area contributed by atoms with Gasteiger partial charge in [-0.3, -0.25) is 0 Å². The maximum Gasteiger partial charge on any atom is 0.240 e. The third-order valence-electron chi connectivity index (χ3n) is 3.49. The third kappa shape index (κ3) is 2.96. The van der Waals surface area contributed by atoms with Crippen molar-refractivity contribution >= 4 is 17.5 Å². The molecule has 6 nitrogen and oxygen atoms in total. The molecule has 0 atom stereocenters. The highest BCUT2D eigenvalue weighted by Crippen LogP contribution is 2.36. The van der Waals surface area contributed by atoms with Crippen molar-refractivity contribution in [1.82, 2.24) is 15.2 Å². The van der Waals surface area contributed by atoms with E-state index in [9.17, 15) is 0 Å². The molecule has 0 unspecified atom stereocenters. The normalized spacial score (nSPS) is 10.5. The minimum absolute atomic E-state index is 0.0779. The van der Waals surface area contributed by atoms with Crippen molar-refractivity contribution in [3.8, 4) is 34.0 Å². The molecule has 0 bridgehead atoms. The van der Waals surface area contributed by atoms with Crippen LogP contribution in [-0.4, -0.2) is 29.4 Å². The molecule has 1 heterocycles. The van der Waals surface area contributed by atoms with E-state index in [0.717, 1.165) is 11.1 Å². The molecule has 3 rings (SSSR count). The molecule has 122 valence electrons. The van der Waals surface area contributed by atoms with Gasteiger partial charge in [-0.15, -0.1) is 10.2 Å². The summed E-state index contributed by atoms with van der Waals surface area (Å²) in [6.07, 6.45) is 0. The second-order valence-electron chi connectivity index (χ2n) is 4.92. The van der Waals surface area contributed by atoms with E-state index in [4.69, 9.17) is 26.8 Å². The van der Waals surface area contributed by atoms with Crippen LogP contribution in [0.25, 0.3) is 22.5 Å². The second-order valence-corrected chi connectivity index (χ2v) is 5.32. The van der Waals surface area contributed by atoms with E-state index in [1.807, 2.05) is 24.3 Å². The monoisotopic (exact) mass is 342 g/mol. The number of rotatable bonds is 4. The average Bonchev–Trinajstić information content (AvgIpc) is 2.61.